The zero-order valence-electron chi connectivity index (χ0n) is 9.79. The zero-order chi connectivity index (χ0) is 13.6. The van der Waals surface area contributed by atoms with Crippen molar-refractivity contribution < 1.29 is 23.1 Å². The number of aromatic nitrogens is 1. The molecular weight excluding hydrogens is 260 g/mol. The van der Waals surface area contributed by atoms with Gasteiger partial charge >= 0.3 is 5.97 Å². The van der Waals surface area contributed by atoms with Gasteiger partial charge in [-0.1, -0.05) is 0 Å². The second kappa shape index (κ2) is 6.31. The van der Waals surface area contributed by atoms with Crippen LogP contribution >= 0.6 is 0 Å². The van der Waals surface area contributed by atoms with Crippen LogP contribution in [-0.2, 0) is 21.4 Å². The molecule has 18 heavy (non-hydrogen) atoms. The smallest absolute Gasteiger partial charge is 0.304 e. The molecule has 1 aromatic heterocycles. The highest BCUT2D eigenvalue weighted by molar-refractivity contribution is 7.89. The highest BCUT2D eigenvalue weighted by atomic mass is 32.2. The van der Waals surface area contributed by atoms with Gasteiger partial charge in [-0.15, -0.1) is 0 Å². The van der Waals surface area contributed by atoms with Crippen LogP contribution in [0.5, 0.6) is 5.88 Å². The fourth-order valence-corrected chi connectivity index (χ4v) is 2.13. The number of ether oxygens (including phenoxy) is 1. The lowest BCUT2D eigenvalue weighted by atomic mass is 10.3. The van der Waals surface area contributed by atoms with Crippen molar-refractivity contribution >= 4 is 16.0 Å². The largest absolute Gasteiger partial charge is 0.481 e. The first kappa shape index (κ1) is 14.4. The van der Waals surface area contributed by atoms with Gasteiger partial charge in [0.2, 0.25) is 15.9 Å². The van der Waals surface area contributed by atoms with E-state index in [0.717, 1.165) is 0 Å². The molecule has 1 rings (SSSR count). The quantitative estimate of drug-likeness (QED) is 0.724. The Labute approximate surface area is 105 Å². The maximum absolute atomic E-state index is 11.4. The zero-order valence-corrected chi connectivity index (χ0v) is 10.6. The van der Waals surface area contributed by atoms with Crippen molar-refractivity contribution in [2.45, 2.75) is 13.0 Å². The van der Waals surface area contributed by atoms with Crippen molar-refractivity contribution in [1.29, 1.82) is 0 Å². The summed E-state index contributed by atoms with van der Waals surface area (Å²) in [6, 6.07) is 3.24. The van der Waals surface area contributed by atoms with Gasteiger partial charge in [-0.05, 0) is 11.6 Å². The Morgan fingerprint density at radius 1 is 1.56 bits per heavy atom. The Bertz CT molecular complexity index is 515. The predicted molar refractivity (Wildman–Crippen MR) is 63.7 cm³/mol. The standard InChI is InChI=1S/C10H14N2O5S/c1-17-9-6-8(2-4-11-9)7-12-18(15,16)5-3-10(13)14/h2,4,6,12H,3,5,7H2,1H3,(H,13,14). The third kappa shape index (κ3) is 5.11. The van der Waals surface area contributed by atoms with Crippen LogP contribution in [0.15, 0.2) is 18.3 Å². The lowest BCUT2D eigenvalue weighted by Gasteiger charge is -2.06. The average molecular weight is 274 g/mol. The van der Waals surface area contributed by atoms with Crippen LogP contribution in [0.2, 0.25) is 0 Å². The van der Waals surface area contributed by atoms with Gasteiger partial charge in [0.1, 0.15) is 0 Å². The molecule has 2 N–H and O–H groups in total. The van der Waals surface area contributed by atoms with Gasteiger partial charge < -0.3 is 9.84 Å². The minimum Gasteiger partial charge on any atom is -0.481 e. The van der Waals surface area contributed by atoms with E-state index in [1.807, 2.05) is 0 Å². The first-order valence-corrected chi connectivity index (χ1v) is 6.76. The molecule has 0 fully saturated rings. The fraction of sp³-hybridized carbons (Fsp3) is 0.400. The maximum Gasteiger partial charge on any atom is 0.304 e. The number of nitrogens with one attached hydrogen (secondary N) is 1. The number of carboxylic acids is 1. The van der Waals surface area contributed by atoms with Crippen LogP contribution in [0.4, 0.5) is 0 Å². The molecule has 7 nitrogen and oxygen atoms in total. The summed E-state index contributed by atoms with van der Waals surface area (Å²) >= 11 is 0. The molecule has 0 aliphatic rings. The Morgan fingerprint density at radius 2 is 2.28 bits per heavy atom. The van der Waals surface area contributed by atoms with E-state index < -0.39 is 28.2 Å². The Hall–Kier alpha value is -1.67. The summed E-state index contributed by atoms with van der Waals surface area (Å²) < 4.78 is 30.1. The summed E-state index contributed by atoms with van der Waals surface area (Å²) in [6.45, 7) is 0.0703. The topological polar surface area (TPSA) is 106 Å². The van der Waals surface area contributed by atoms with Gasteiger partial charge in [0, 0.05) is 18.8 Å². The molecule has 8 heteroatoms. The number of carboxylic acid groups (broad SMARTS) is 1. The van der Waals surface area contributed by atoms with Gasteiger partial charge in [-0.3, -0.25) is 4.79 Å². The van der Waals surface area contributed by atoms with Crippen molar-refractivity contribution in [2.24, 2.45) is 0 Å². The summed E-state index contributed by atoms with van der Waals surface area (Å²) in [4.78, 5) is 14.2. The van der Waals surface area contributed by atoms with Crippen LogP contribution < -0.4 is 9.46 Å². The van der Waals surface area contributed by atoms with Crippen molar-refractivity contribution in [3.05, 3.63) is 23.9 Å². The fourth-order valence-electron chi connectivity index (χ4n) is 1.16. The molecular formula is C10H14N2O5S. The summed E-state index contributed by atoms with van der Waals surface area (Å²) in [5.41, 5.74) is 0.681. The van der Waals surface area contributed by atoms with E-state index >= 15 is 0 Å². The van der Waals surface area contributed by atoms with Crippen LogP contribution in [0, 0.1) is 0 Å². The van der Waals surface area contributed by atoms with Gasteiger partial charge in [-0.25, -0.2) is 18.1 Å². The number of sulfonamides is 1. The van der Waals surface area contributed by atoms with Crippen molar-refractivity contribution in [3.8, 4) is 5.88 Å². The minimum absolute atomic E-state index is 0.0703. The third-order valence-corrected chi connectivity index (χ3v) is 3.42. The average Bonchev–Trinajstić information content (AvgIpc) is 2.35. The highest BCUT2D eigenvalue weighted by Gasteiger charge is 2.12. The molecule has 0 saturated heterocycles. The van der Waals surface area contributed by atoms with Gasteiger partial charge in [-0.2, -0.15) is 0 Å². The number of aliphatic carboxylic acids is 1. The molecule has 1 heterocycles. The molecule has 0 unspecified atom stereocenters. The van der Waals surface area contributed by atoms with Crippen LogP contribution in [0.25, 0.3) is 0 Å². The van der Waals surface area contributed by atoms with Crippen molar-refractivity contribution in [1.82, 2.24) is 9.71 Å². The van der Waals surface area contributed by atoms with E-state index in [4.69, 9.17) is 9.84 Å². The molecule has 0 spiro atoms. The minimum atomic E-state index is -3.59. The maximum atomic E-state index is 11.4. The molecule has 0 atom stereocenters. The predicted octanol–water partition coefficient (Wildman–Crippen LogP) is -0.0157. The van der Waals surface area contributed by atoms with Crippen LogP contribution in [0.3, 0.4) is 0 Å². The highest BCUT2D eigenvalue weighted by Crippen LogP contribution is 2.08. The molecule has 100 valence electrons. The van der Waals surface area contributed by atoms with E-state index in [0.29, 0.717) is 11.4 Å². The summed E-state index contributed by atoms with van der Waals surface area (Å²) in [5.74, 6) is -1.20. The first-order valence-electron chi connectivity index (χ1n) is 5.11. The first-order chi connectivity index (χ1) is 8.43. The van der Waals surface area contributed by atoms with Crippen molar-refractivity contribution in [3.63, 3.8) is 0 Å². The SMILES string of the molecule is COc1cc(CNS(=O)(=O)CCC(=O)O)ccn1. The van der Waals surface area contributed by atoms with E-state index in [9.17, 15) is 13.2 Å². The van der Waals surface area contributed by atoms with Crippen LogP contribution in [0.1, 0.15) is 12.0 Å². The number of pyridine rings is 1. The van der Waals surface area contributed by atoms with E-state index in [2.05, 4.69) is 9.71 Å². The number of rotatable bonds is 7. The number of hydrogen-bond acceptors (Lipinski definition) is 5. The van der Waals surface area contributed by atoms with Gasteiger partial charge in [0.15, 0.2) is 0 Å². The lowest BCUT2D eigenvalue weighted by molar-refractivity contribution is -0.136. The Kier molecular flexibility index (Phi) is 5.05. The van der Waals surface area contributed by atoms with Gasteiger partial charge in [0.25, 0.3) is 0 Å². The Morgan fingerprint density at radius 3 is 2.89 bits per heavy atom. The number of carbonyl (C=O) groups is 1. The van der Waals surface area contributed by atoms with Crippen molar-refractivity contribution in [2.75, 3.05) is 12.9 Å². The monoisotopic (exact) mass is 274 g/mol. The molecule has 0 radical (unpaired) electrons. The number of hydrogen-bond donors (Lipinski definition) is 2. The second-order valence-electron chi connectivity index (χ2n) is 3.49. The molecule has 0 aliphatic heterocycles. The second-order valence-corrected chi connectivity index (χ2v) is 5.42. The molecule has 0 saturated carbocycles. The summed E-state index contributed by atoms with van der Waals surface area (Å²) in [7, 11) is -2.13. The number of methoxy groups -OCH3 is 1. The van der Waals surface area contributed by atoms with Gasteiger partial charge in [0.05, 0.1) is 19.3 Å². The molecule has 0 bridgehead atoms. The summed E-state index contributed by atoms with van der Waals surface area (Å²) in [5, 5.41) is 8.41. The molecule has 1 aromatic rings. The lowest BCUT2D eigenvalue weighted by Crippen LogP contribution is -2.27. The number of nitrogens with zero attached hydrogens (tertiary/aromatic N) is 1. The normalized spacial score (nSPS) is 11.2. The molecule has 0 aliphatic carbocycles. The molecule has 0 aromatic carbocycles. The summed E-state index contributed by atoms with van der Waals surface area (Å²) in [6.07, 6.45) is 1.08. The molecule has 0 amide bonds. The van der Waals surface area contributed by atoms with E-state index in [1.165, 1.54) is 13.3 Å². The third-order valence-electron chi connectivity index (χ3n) is 2.09. The van der Waals surface area contributed by atoms with E-state index in [1.54, 1.807) is 12.1 Å². The Balaban J connectivity index is 2.55. The van der Waals surface area contributed by atoms with Crippen LogP contribution in [-0.4, -0.2) is 37.3 Å². The van der Waals surface area contributed by atoms with E-state index in [-0.39, 0.29) is 6.54 Å².